The fourth-order valence-electron chi connectivity index (χ4n) is 3.82. The van der Waals surface area contributed by atoms with Crippen LogP contribution in [-0.2, 0) is 19.1 Å². The summed E-state index contributed by atoms with van der Waals surface area (Å²) in [5, 5.41) is 5.54. The summed E-state index contributed by atoms with van der Waals surface area (Å²) in [7, 11) is 0. The standard InChI is InChI=1S/C27H44N4O5/c1-16(2)29-23(33)22(19-15-17(3)11-12-18(19)4)31(26(5,6)7)24(34)20(13-14-21(28)32)30-25(35)36-27(8,9)10/h11-12,15-16,20,22H,13-14H2,1-10H3,(H2,28,32)(H,29,33)(H,30,35). The van der Waals surface area contributed by atoms with Crippen LogP contribution in [0, 0.1) is 13.8 Å². The first-order valence-electron chi connectivity index (χ1n) is 12.3. The maximum absolute atomic E-state index is 14.1. The molecule has 1 aromatic rings. The number of nitrogens with one attached hydrogen (secondary N) is 2. The van der Waals surface area contributed by atoms with E-state index in [0.717, 1.165) is 11.1 Å². The Bertz CT molecular complexity index is 960. The number of carbonyl (C=O) groups is 4. The zero-order valence-electron chi connectivity index (χ0n) is 23.4. The van der Waals surface area contributed by atoms with Gasteiger partial charge in [0.1, 0.15) is 17.7 Å². The van der Waals surface area contributed by atoms with Gasteiger partial charge < -0.3 is 26.0 Å². The maximum atomic E-state index is 14.1. The number of ether oxygens (including phenoxy) is 1. The molecule has 0 aromatic heterocycles. The minimum atomic E-state index is -1.13. The van der Waals surface area contributed by atoms with Gasteiger partial charge in [0.05, 0.1) is 0 Å². The average Bonchev–Trinajstić information content (AvgIpc) is 2.67. The molecule has 1 rings (SSSR count). The molecule has 0 heterocycles. The summed E-state index contributed by atoms with van der Waals surface area (Å²) in [4.78, 5) is 53.4. The van der Waals surface area contributed by atoms with Gasteiger partial charge in [-0.25, -0.2) is 4.79 Å². The smallest absolute Gasteiger partial charge is 0.408 e. The second-order valence-corrected chi connectivity index (χ2v) is 11.5. The minimum Gasteiger partial charge on any atom is -0.444 e. The van der Waals surface area contributed by atoms with Crippen LogP contribution in [0.5, 0.6) is 0 Å². The van der Waals surface area contributed by atoms with E-state index in [2.05, 4.69) is 10.6 Å². The molecule has 4 N–H and O–H groups in total. The van der Waals surface area contributed by atoms with Gasteiger partial charge in [0, 0.05) is 18.0 Å². The molecular formula is C27H44N4O5. The van der Waals surface area contributed by atoms with Crippen molar-refractivity contribution in [2.24, 2.45) is 5.73 Å². The van der Waals surface area contributed by atoms with Gasteiger partial charge >= 0.3 is 6.09 Å². The highest BCUT2D eigenvalue weighted by atomic mass is 16.6. The predicted octanol–water partition coefficient (Wildman–Crippen LogP) is 3.66. The molecule has 9 nitrogen and oxygen atoms in total. The monoisotopic (exact) mass is 504 g/mol. The molecule has 0 radical (unpaired) electrons. The third-order valence-electron chi connectivity index (χ3n) is 5.30. The first kappa shape index (κ1) is 30.9. The summed E-state index contributed by atoms with van der Waals surface area (Å²) in [5.41, 5.74) is 6.21. The van der Waals surface area contributed by atoms with Crippen LogP contribution in [-0.4, -0.2) is 51.9 Å². The summed E-state index contributed by atoms with van der Waals surface area (Å²) in [5.74, 6) is -1.46. The number of hydrogen-bond donors (Lipinski definition) is 3. The molecule has 2 unspecified atom stereocenters. The van der Waals surface area contributed by atoms with Crippen molar-refractivity contribution in [3.63, 3.8) is 0 Å². The summed E-state index contributed by atoms with van der Waals surface area (Å²) < 4.78 is 5.35. The highest BCUT2D eigenvalue weighted by Gasteiger charge is 2.42. The highest BCUT2D eigenvalue weighted by Crippen LogP contribution is 2.33. The molecule has 2 atom stereocenters. The fraction of sp³-hybridized carbons (Fsp3) is 0.630. The van der Waals surface area contributed by atoms with E-state index in [1.165, 1.54) is 4.90 Å². The Balaban J connectivity index is 3.65. The lowest BCUT2D eigenvalue weighted by atomic mass is 9.91. The molecule has 202 valence electrons. The Kier molecular flexibility index (Phi) is 10.5. The maximum Gasteiger partial charge on any atom is 0.408 e. The van der Waals surface area contributed by atoms with E-state index in [9.17, 15) is 19.2 Å². The number of nitrogens with two attached hydrogens (primary N) is 1. The largest absolute Gasteiger partial charge is 0.444 e. The Morgan fingerprint density at radius 3 is 2.06 bits per heavy atom. The van der Waals surface area contributed by atoms with Gasteiger partial charge in [-0.3, -0.25) is 14.4 Å². The summed E-state index contributed by atoms with van der Waals surface area (Å²) in [6.45, 7) is 18.1. The van der Waals surface area contributed by atoms with Crippen LogP contribution < -0.4 is 16.4 Å². The summed E-state index contributed by atoms with van der Waals surface area (Å²) >= 11 is 0. The number of aryl methyl sites for hydroxylation is 2. The Labute approximate surface area is 215 Å². The molecule has 0 saturated heterocycles. The quantitative estimate of drug-likeness (QED) is 0.472. The van der Waals surface area contributed by atoms with Crippen molar-refractivity contribution in [3.05, 3.63) is 34.9 Å². The minimum absolute atomic E-state index is 0.0364. The van der Waals surface area contributed by atoms with Crippen LogP contribution in [0.25, 0.3) is 0 Å². The lowest BCUT2D eigenvalue weighted by Crippen LogP contribution is -2.59. The molecular weight excluding hydrogens is 460 g/mol. The molecule has 0 spiro atoms. The van der Waals surface area contributed by atoms with Gasteiger partial charge in [-0.05, 0) is 86.8 Å². The number of carbonyl (C=O) groups excluding carboxylic acids is 4. The summed E-state index contributed by atoms with van der Waals surface area (Å²) in [6, 6.07) is 3.48. The number of amides is 4. The Morgan fingerprint density at radius 2 is 1.58 bits per heavy atom. The average molecular weight is 505 g/mol. The third kappa shape index (κ3) is 9.51. The van der Waals surface area contributed by atoms with Gasteiger partial charge in [-0.2, -0.15) is 0 Å². The van der Waals surface area contributed by atoms with Crippen molar-refractivity contribution in [2.75, 3.05) is 0 Å². The molecule has 0 aliphatic carbocycles. The van der Waals surface area contributed by atoms with Crippen LogP contribution in [0.3, 0.4) is 0 Å². The van der Waals surface area contributed by atoms with E-state index in [-0.39, 0.29) is 24.8 Å². The van der Waals surface area contributed by atoms with Gasteiger partial charge in [-0.15, -0.1) is 0 Å². The zero-order chi connectivity index (χ0) is 28.0. The lowest BCUT2D eigenvalue weighted by Gasteiger charge is -2.43. The van der Waals surface area contributed by atoms with Crippen molar-refractivity contribution in [1.29, 1.82) is 0 Å². The number of rotatable bonds is 9. The van der Waals surface area contributed by atoms with Crippen molar-refractivity contribution < 1.29 is 23.9 Å². The molecule has 0 fully saturated rings. The fourth-order valence-corrected chi connectivity index (χ4v) is 3.82. The Hall–Kier alpha value is -3.10. The van der Waals surface area contributed by atoms with E-state index < -0.39 is 41.1 Å². The van der Waals surface area contributed by atoms with Crippen molar-refractivity contribution in [3.8, 4) is 0 Å². The lowest BCUT2D eigenvalue weighted by molar-refractivity contribution is -0.148. The Morgan fingerprint density at radius 1 is 1.00 bits per heavy atom. The number of hydrogen-bond acceptors (Lipinski definition) is 5. The van der Waals surface area contributed by atoms with Crippen molar-refractivity contribution in [2.45, 2.75) is 111 Å². The topological polar surface area (TPSA) is 131 Å². The SMILES string of the molecule is Cc1ccc(C)c(C(C(=O)NC(C)C)N(C(=O)C(CCC(N)=O)NC(=O)OC(C)(C)C)C(C)(C)C)c1. The molecule has 0 aliphatic rings. The predicted molar refractivity (Wildman–Crippen MR) is 140 cm³/mol. The molecule has 1 aromatic carbocycles. The number of nitrogens with zero attached hydrogens (tertiary/aromatic N) is 1. The van der Waals surface area contributed by atoms with E-state index in [4.69, 9.17) is 10.5 Å². The first-order chi connectivity index (χ1) is 16.3. The molecule has 36 heavy (non-hydrogen) atoms. The van der Waals surface area contributed by atoms with Crippen LogP contribution in [0.2, 0.25) is 0 Å². The molecule has 0 saturated carbocycles. The second kappa shape index (κ2) is 12.2. The van der Waals surface area contributed by atoms with Gasteiger partial charge in [0.25, 0.3) is 0 Å². The molecule has 0 bridgehead atoms. The number of benzene rings is 1. The number of primary amides is 1. The zero-order valence-corrected chi connectivity index (χ0v) is 23.4. The number of alkyl carbamates (subject to hydrolysis) is 1. The van der Waals surface area contributed by atoms with Gasteiger partial charge in [-0.1, -0.05) is 23.8 Å². The van der Waals surface area contributed by atoms with E-state index in [1.54, 1.807) is 20.8 Å². The van der Waals surface area contributed by atoms with Crippen molar-refractivity contribution >= 4 is 23.8 Å². The van der Waals surface area contributed by atoms with Crippen LogP contribution >= 0.6 is 0 Å². The van der Waals surface area contributed by atoms with Gasteiger partial charge in [0.15, 0.2) is 0 Å². The highest BCUT2D eigenvalue weighted by molar-refractivity contribution is 5.93. The summed E-state index contributed by atoms with van der Waals surface area (Å²) in [6.07, 6.45) is -0.962. The molecule has 4 amide bonds. The van der Waals surface area contributed by atoms with E-state index in [0.29, 0.717) is 5.56 Å². The van der Waals surface area contributed by atoms with E-state index >= 15 is 0 Å². The molecule has 9 heteroatoms. The normalized spacial score (nSPS) is 13.5. The first-order valence-corrected chi connectivity index (χ1v) is 12.3. The second-order valence-electron chi connectivity index (χ2n) is 11.5. The van der Waals surface area contributed by atoms with Crippen LogP contribution in [0.15, 0.2) is 18.2 Å². The molecule has 0 aliphatic heterocycles. The third-order valence-corrected chi connectivity index (χ3v) is 5.30. The van der Waals surface area contributed by atoms with Crippen molar-refractivity contribution in [1.82, 2.24) is 15.5 Å². The van der Waals surface area contributed by atoms with Crippen LogP contribution in [0.4, 0.5) is 4.79 Å². The van der Waals surface area contributed by atoms with Gasteiger partial charge in [0.2, 0.25) is 17.7 Å². The van der Waals surface area contributed by atoms with Crippen LogP contribution in [0.1, 0.15) is 91.0 Å². The van der Waals surface area contributed by atoms with E-state index in [1.807, 2.05) is 66.7 Å².